The first-order valence-corrected chi connectivity index (χ1v) is 10.9. The number of rotatable bonds is 6. The number of amides is 2. The fourth-order valence-corrected chi connectivity index (χ4v) is 4.30. The van der Waals surface area contributed by atoms with Crippen molar-refractivity contribution >= 4 is 40.5 Å². The Bertz CT molecular complexity index is 1110. The van der Waals surface area contributed by atoms with Gasteiger partial charge in [-0.3, -0.25) is 9.59 Å². The third-order valence-corrected chi connectivity index (χ3v) is 6.19. The molecule has 1 aromatic heterocycles. The molecule has 0 saturated heterocycles. The van der Waals surface area contributed by atoms with E-state index in [2.05, 4.69) is 10.4 Å². The van der Waals surface area contributed by atoms with Gasteiger partial charge >= 0.3 is 0 Å². The van der Waals surface area contributed by atoms with Crippen LogP contribution in [0.4, 0.5) is 0 Å². The second-order valence-electron chi connectivity index (χ2n) is 6.92. The van der Waals surface area contributed by atoms with Gasteiger partial charge in [0.05, 0.1) is 30.3 Å². The summed E-state index contributed by atoms with van der Waals surface area (Å²) < 4.78 is 5.24. The average molecular weight is 454 g/mol. The molecule has 31 heavy (non-hydrogen) atoms. The zero-order valence-corrected chi connectivity index (χ0v) is 18.3. The summed E-state index contributed by atoms with van der Waals surface area (Å²) in [5, 5.41) is 11.1. The minimum absolute atomic E-state index is 0.150. The molecule has 0 saturated carbocycles. The van der Waals surface area contributed by atoms with E-state index in [9.17, 15) is 9.59 Å². The van der Waals surface area contributed by atoms with Crippen LogP contribution in [0, 0.1) is 0 Å². The second kappa shape index (κ2) is 9.32. The maximum absolute atomic E-state index is 13.0. The molecule has 8 heteroatoms. The quantitative estimate of drug-likeness (QED) is 0.596. The lowest BCUT2D eigenvalue weighted by Gasteiger charge is -2.22. The van der Waals surface area contributed by atoms with Gasteiger partial charge in [0.25, 0.3) is 11.8 Å². The number of benzene rings is 2. The SMILES string of the molecule is COc1ccc([C@H]2CC(c3ccccc3Cl)=NN2C(=O)CNC(=O)c2cccs2)cc1. The Balaban J connectivity index is 1.58. The van der Waals surface area contributed by atoms with Crippen molar-refractivity contribution in [3.05, 3.63) is 87.1 Å². The van der Waals surface area contributed by atoms with Gasteiger partial charge < -0.3 is 10.1 Å². The van der Waals surface area contributed by atoms with E-state index in [0.717, 1.165) is 22.6 Å². The molecule has 4 rings (SSSR count). The number of nitrogens with zero attached hydrogens (tertiary/aromatic N) is 2. The van der Waals surface area contributed by atoms with Crippen molar-refractivity contribution in [1.29, 1.82) is 0 Å². The number of thiophene rings is 1. The predicted octanol–water partition coefficient (Wildman–Crippen LogP) is 4.52. The molecule has 158 valence electrons. The average Bonchev–Trinajstić information content (AvgIpc) is 3.48. The smallest absolute Gasteiger partial charge is 0.262 e. The first-order chi connectivity index (χ1) is 15.1. The van der Waals surface area contributed by atoms with Crippen LogP contribution in [0.2, 0.25) is 5.02 Å². The monoisotopic (exact) mass is 453 g/mol. The lowest BCUT2D eigenvalue weighted by atomic mass is 9.98. The van der Waals surface area contributed by atoms with Crippen molar-refractivity contribution in [2.75, 3.05) is 13.7 Å². The van der Waals surface area contributed by atoms with Crippen LogP contribution < -0.4 is 10.1 Å². The largest absolute Gasteiger partial charge is 0.497 e. The molecule has 0 spiro atoms. The third-order valence-electron chi connectivity index (χ3n) is 5.00. The minimum atomic E-state index is -0.302. The van der Waals surface area contributed by atoms with Gasteiger partial charge in [0, 0.05) is 17.0 Å². The van der Waals surface area contributed by atoms with Crippen LogP contribution in [0.1, 0.15) is 33.3 Å². The molecule has 0 radical (unpaired) electrons. The fourth-order valence-electron chi connectivity index (χ4n) is 3.42. The van der Waals surface area contributed by atoms with E-state index in [-0.39, 0.29) is 24.4 Å². The van der Waals surface area contributed by atoms with E-state index in [1.807, 2.05) is 47.8 Å². The highest BCUT2D eigenvalue weighted by Gasteiger charge is 2.33. The van der Waals surface area contributed by atoms with Crippen LogP contribution in [-0.4, -0.2) is 36.2 Å². The van der Waals surface area contributed by atoms with Gasteiger partial charge in [-0.1, -0.05) is 48.0 Å². The zero-order chi connectivity index (χ0) is 21.8. The summed E-state index contributed by atoms with van der Waals surface area (Å²) in [6.07, 6.45) is 0.515. The van der Waals surface area contributed by atoms with Crippen LogP contribution in [-0.2, 0) is 4.79 Å². The Kier molecular flexibility index (Phi) is 6.34. The molecule has 0 unspecified atom stereocenters. The van der Waals surface area contributed by atoms with Gasteiger partial charge in [-0.2, -0.15) is 5.10 Å². The molecule has 0 fully saturated rings. The lowest BCUT2D eigenvalue weighted by molar-refractivity contribution is -0.131. The molecule has 1 N–H and O–H groups in total. The van der Waals surface area contributed by atoms with Crippen LogP contribution in [0.25, 0.3) is 0 Å². The molecule has 6 nitrogen and oxygen atoms in total. The van der Waals surface area contributed by atoms with E-state index in [0.29, 0.717) is 16.3 Å². The number of nitrogens with one attached hydrogen (secondary N) is 1. The standard InChI is InChI=1S/C23H20ClN3O3S/c1-30-16-10-8-15(9-11-16)20-13-19(17-5-2-3-6-18(17)24)26-27(20)22(28)14-25-23(29)21-7-4-12-31-21/h2-12,20H,13-14H2,1H3,(H,25,29)/t20-/m1/s1. The van der Waals surface area contributed by atoms with Crippen LogP contribution >= 0.6 is 22.9 Å². The third kappa shape index (κ3) is 4.62. The van der Waals surface area contributed by atoms with E-state index in [1.54, 1.807) is 25.3 Å². The Morgan fingerprint density at radius 3 is 2.61 bits per heavy atom. The first kappa shape index (κ1) is 21.1. The van der Waals surface area contributed by atoms with E-state index >= 15 is 0 Å². The summed E-state index contributed by atoms with van der Waals surface area (Å²) in [7, 11) is 1.61. The normalized spacial score (nSPS) is 15.5. The molecular weight excluding hydrogens is 434 g/mol. The Morgan fingerprint density at radius 1 is 1.16 bits per heavy atom. The molecular formula is C23H20ClN3O3S. The van der Waals surface area contributed by atoms with Gasteiger partial charge in [0.1, 0.15) is 5.75 Å². The number of hydrogen-bond acceptors (Lipinski definition) is 5. The van der Waals surface area contributed by atoms with Gasteiger partial charge in [-0.25, -0.2) is 5.01 Å². The first-order valence-electron chi connectivity index (χ1n) is 9.67. The molecule has 2 amide bonds. The fraction of sp³-hybridized carbons (Fsp3) is 0.174. The molecule has 1 aliphatic rings. The van der Waals surface area contributed by atoms with Crippen molar-refractivity contribution < 1.29 is 14.3 Å². The van der Waals surface area contributed by atoms with Crippen LogP contribution in [0.5, 0.6) is 5.75 Å². The number of hydrazone groups is 1. The lowest BCUT2D eigenvalue weighted by Crippen LogP contribution is -2.37. The van der Waals surface area contributed by atoms with Crippen molar-refractivity contribution in [1.82, 2.24) is 10.3 Å². The summed E-state index contributed by atoms with van der Waals surface area (Å²) in [6, 6.07) is 18.2. The van der Waals surface area contributed by atoms with Crippen molar-refractivity contribution in [2.45, 2.75) is 12.5 Å². The highest BCUT2D eigenvalue weighted by Crippen LogP contribution is 2.35. The van der Waals surface area contributed by atoms with Gasteiger partial charge in [-0.15, -0.1) is 11.3 Å². The number of halogens is 1. The van der Waals surface area contributed by atoms with E-state index in [1.165, 1.54) is 16.3 Å². The Morgan fingerprint density at radius 2 is 1.94 bits per heavy atom. The summed E-state index contributed by atoms with van der Waals surface area (Å²) in [4.78, 5) is 25.8. The summed E-state index contributed by atoms with van der Waals surface area (Å²) in [5.41, 5.74) is 2.44. The molecule has 2 heterocycles. The topological polar surface area (TPSA) is 71.0 Å². The van der Waals surface area contributed by atoms with Gasteiger partial charge in [0.15, 0.2) is 0 Å². The Labute approximate surface area is 189 Å². The molecule has 2 aromatic carbocycles. The molecule has 0 aliphatic carbocycles. The van der Waals surface area contributed by atoms with Crippen LogP contribution in [0.15, 0.2) is 71.1 Å². The summed E-state index contributed by atoms with van der Waals surface area (Å²) >= 11 is 7.69. The van der Waals surface area contributed by atoms with Gasteiger partial charge in [0.2, 0.25) is 0 Å². The molecule has 0 bridgehead atoms. The number of methoxy groups -OCH3 is 1. The maximum Gasteiger partial charge on any atom is 0.262 e. The summed E-state index contributed by atoms with van der Waals surface area (Å²) in [6.45, 7) is -0.150. The minimum Gasteiger partial charge on any atom is -0.497 e. The second-order valence-corrected chi connectivity index (χ2v) is 8.27. The molecule has 3 aromatic rings. The number of hydrogen-bond donors (Lipinski definition) is 1. The van der Waals surface area contributed by atoms with E-state index in [4.69, 9.17) is 16.3 Å². The highest BCUT2D eigenvalue weighted by molar-refractivity contribution is 7.12. The number of carbonyl (C=O) groups excluding carboxylic acids is 2. The number of ether oxygens (including phenoxy) is 1. The van der Waals surface area contributed by atoms with Crippen molar-refractivity contribution in [3.8, 4) is 5.75 Å². The van der Waals surface area contributed by atoms with Gasteiger partial charge in [-0.05, 0) is 35.2 Å². The highest BCUT2D eigenvalue weighted by atomic mass is 35.5. The number of carbonyl (C=O) groups is 2. The summed E-state index contributed by atoms with van der Waals surface area (Å²) in [5.74, 6) is 0.154. The van der Waals surface area contributed by atoms with E-state index < -0.39 is 0 Å². The van der Waals surface area contributed by atoms with Crippen molar-refractivity contribution in [3.63, 3.8) is 0 Å². The van der Waals surface area contributed by atoms with Crippen LogP contribution in [0.3, 0.4) is 0 Å². The van der Waals surface area contributed by atoms with Crippen molar-refractivity contribution in [2.24, 2.45) is 5.10 Å². The molecule has 1 atom stereocenters. The Hall–Kier alpha value is -3.16. The predicted molar refractivity (Wildman–Crippen MR) is 122 cm³/mol. The molecule has 1 aliphatic heterocycles. The maximum atomic E-state index is 13.0. The zero-order valence-electron chi connectivity index (χ0n) is 16.7.